The first-order valence-corrected chi connectivity index (χ1v) is 4.34. The van der Waals surface area contributed by atoms with E-state index >= 15 is 0 Å². The molecular formula is C10H6N4O2. The number of nitrogens with zero attached hydrogens (tertiary/aromatic N) is 4. The summed E-state index contributed by atoms with van der Waals surface area (Å²) < 4.78 is 1.45. The summed E-state index contributed by atoms with van der Waals surface area (Å²) in [6, 6.07) is 5.09. The highest BCUT2D eigenvalue weighted by Crippen LogP contribution is 2.07. The third-order valence-corrected chi connectivity index (χ3v) is 1.94. The fraction of sp³-hybridized carbons (Fsp3) is 0. The van der Waals surface area contributed by atoms with Gasteiger partial charge in [0.25, 0.3) is 0 Å². The zero-order valence-electron chi connectivity index (χ0n) is 8.03. The maximum absolute atomic E-state index is 10.6. The molecule has 0 fully saturated rings. The maximum Gasteiger partial charge on any atom is 0.356 e. The molecule has 2 aromatic heterocycles. The molecule has 2 aromatic rings. The van der Waals surface area contributed by atoms with Crippen molar-refractivity contribution in [2.75, 3.05) is 0 Å². The quantitative estimate of drug-likeness (QED) is 0.799. The molecule has 16 heavy (non-hydrogen) atoms. The van der Waals surface area contributed by atoms with Crippen molar-refractivity contribution in [3.05, 3.63) is 42.1 Å². The van der Waals surface area contributed by atoms with Gasteiger partial charge in [-0.2, -0.15) is 5.26 Å². The van der Waals surface area contributed by atoms with E-state index in [1.165, 1.54) is 23.3 Å². The standard InChI is InChI=1S/C10H6N4O2/c11-4-7-1-2-12-9(3-7)14-5-8(10(15)16)13-6-14/h1-3,5-6H,(H,15,16). The maximum atomic E-state index is 10.6. The summed E-state index contributed by atoms with van der Waals surface area (Å²) in [5.74, 6) is -0.644. The monoisotopic (exact) mass is 214 g/mol. The molecule has 6 nitrogen and oxygen atoms in total. The average molecular weight is 214 g/mol. The molecule has 0 aromatic carbocycles. The highest BCUT2D eigenvalue weighted by molar-refractivity contribution is 5.85. The van der Waals surface area contributed by atoms with Gasteiger partial charge in [0.15, 0.2) is 5.69 Å². The van der Waals surface area contributed by atoms with Crippen LogP contribution in [0, 0.1) is 11.3 Å². The Morgan fingerprint density at radius 2 is 2.31 bits per heavy atom. The van der Waals surface area contributed by atoms with Crippen LogP contribution in [-0.2, 0) is 0 Å². The van der Waals surface area contributed by atoms with Gasteiger partial charge in [-0.25, -0.2) is 14.8 Å². The van der Waals surface area contributed by atoms with Gasteiger partial charge in [0.1, 0.15) is 12.1 Å². The van der Waals surface area contributed by atoms with Gasteiger partial charge < -0.3 is 5.11 Å². The Hall–Kier alpha value is -2.68. The Kier molecular flexibility index (Phi) is 2.36. The zero-order chi connectivity index (χ0) is 11.5. The Balaban J connectivity index is 2.43. The lowest BCUT2D eigenvalue weighted by atomic mass is 10.3. The molecule has 0 spiro atoms. The van der Waals surface area contributed by atoms with E-state index in [0.717, 1.165) is 0 Å². The minimum absolute atomic E-state index is 0.0656. The van der Waals surface area contributed by atoms with Gasteiger partial charge in [0, 0.05) is 12.4 Å². The van der Waals surface area contributed by atoms with E-state index in [9.17, 15) is 4.79 Å². The topological polar surface area (TPSA) is 91.8 Å². The van der Waals surface area contributed by atoms with Crippen molar-refractivity contribution in [1.29, 1.82) is 5.26 Å². The lowest BCUT2D eigenvalue weighted by Gasteiger charge is -1.99. The lowest BCUT2D eigenvalue weighted by Crippen LogP contribution is -1.97. The summed E-state index contributed by atoms with van der Waals surface area (Å²) in [7, 11) is 0. The van der Waals surface area contributed by atoms with Gasteiger partial charge in [0.05, 0.1) is 11.6 Å². The number of carbonyl (C=O) groups is 1. The summed E-state index contributed by atoms with van der Waals surface area (Å²) in [4.78, 5) is 18.3. The summed E-state index contributed by atoms with van der Waals surface area (Å²) in [6.07, 6.45) is 4.16. The van der Waals surface area contributed by atoms with E-state index < -0.39 is 5.97 Å². The van der Waals surface area contributed by atoms with Crippen LogP contribution in [0.5, 0.6) is 0 Å². The molecule has 2 heterocycles. The average Bonchev–Trinajstić information content (AvgIpc) is 2.78. The fourth-order valence-corrected chi connectivity index (χ4v) is 1.19. The molecule has 0 aliphatic rings. The number of hydrogen-bond donors (Lipinski definition) is 1. The third-order valence-electron chi connectivity index (χ3n) is 1.94. The highest BCUT2D eigenvalue weighted by atomic mass is 16.4. The predicted molar refractivity (Wildman–Crippen MR) is 53.0 cm³/mol. The summed E-state index contributed by atoms with van der Waals surface area (Å²) in [5.41, 5.74) is 0.389. The van der Waals surface area contributed by atoms with E-state index in [0.29, 0.717) is 11.4 Å². The molecule has 0 amide bonds. The van der Waals surface area contributed by atoms with E-state index in [1.807, 2.05) is 6.07 Å². The second kappa shape index (κ2) is 3.82. The Labute approximate surface area is 90.4 Å². The number of aromatic carboxylic acids is 1. The number of carboxylic acids is 1. The van der Waals surface area contributed by atoms with E-state index in [4.69, 9.17) is 10.4 Å². The molecule has 0 unspecified atom stereocenters. The van der Waals surface area contributed by atoms with Crippen LogP contribution >= 0.6 is 0 Å². The van der Waals surface area contributed by atoms with Gasteiger partial charge >= 0.3 is 5.97 Å². The largest absolute Gasteiger partial charge is 0.476 e. The predicted octanol–water partition coefficient (Wildman–Crippen LogP) is 0.837. The van der Waals surface area contributed by atoms with E-state index in [-0.39, 0.29) is 5.69 Å². The molecule has 0 aliphatic heterocycles. The summed E-state index contributed by atoms with van der Waals surface area (Å²) in [5, 5.41) is 17.4. The van der Waals surface area contributed by atoms with Crippen LogP contribution in [0.3, 0.4) is 0 Å². The number of carboxylic acid groups (broad SMARTS) is 1. The van der Waals surface area contributed by atoms with E-state index in [1.54, 1.807) is 12.1 Å². The van der Waals surface area contributed by atoms with Gasteiger partial charge in [-0.05, 0) is 12.1 Å². The van der Waals surface area contributed by atoms with Gasteiger partial charge in [0.2, 0.25) is 0 Å². The number of aromatic nitrogens is 3. The number of imidazole rings is 1. The second-order valence-electron chi connectivity index (χ2n) is 2.99. The van der Waals surface area contributed by atoms with Crippen molar-refractivity contribution in [2.45, 2.75) is 0 Å². The van der Waals surface area contributed by atoms with Crippen LogP contribution in [0.15, 0.2) is 30.9 Å². The highest BCUT2D eigenvalue weighted by Gasteiger charge is 2.08. The van der Waals surface area contributed by atoms with Crippen molar-refractivity contribution in [2.24, 2.45) is 0 Å². The van der Waals surface area contributed by atoms with Crippen molar-refractivity contribution < 1.29 is 9.90 Å². The summed E-state index contributed by atoms with van der Waals surface area (Å²) >= 11 is 0. The first kappa shape index (κ1) is 9.86. The number of pyridine rings is 1. The smallest absolute Gasteiger partial charge is 0.356 e. The molecule has 0 saturated heterocycles. The molecule has 0 atom stereocenters. The molecule has 0 radical (unpaired) electrons. The summed E-state index contributed by atoms with van der Waals surface area (Å²) in [6.45, 7) is 0. The first-order chi connectivity index (χ1) is 7.70. The van der Waals surface area contributed by atoms with Crippen LogP contribution in [0.4, 0.5) is 0 Å². The first-order valence-electron chi connectivity index (χ1n) is 4.34. The van der Waals surface area contributed by atoms with Crippen LogP contribution in [-0.4, -0.2) is 25.6 Å². The lowest BCUT2D eigenvalue weighted by molar-refractivity contribution is 0.0691. The van der Waals surface area contributed by atoms with Gasteiger partial charge in [-0.3, -0.25) is 4.57 Å². The third kappa shape index (κ3) is 1.74. The Morgan fingerprint density at radius 1 is 1.50 bits per heavy atom. The normalized spacial score (nSPS) is 9.69. The fourth-order valence-electron chi connectivity index (χ4n) is 1.19. The van der Waals surface area contributed by atoms with Crippen molar-refractivity contribution in [1.82, 2.24) is 14.5 Å². The minimum atomic E-state index is -1.10. The molecular weight excluding hydrogens is 208 g/mol. The van der Waals surface area contributed by atoms with Gasteiger partial charge in [-0.1, -0.05) is 0 Å². The molecule has 6 heteroatoms. The number of hydrogen-bond acceptors (Lipinski definition) is 4. The SMILES string of the molecule is N#Cc1ccnc(-n2cnc(C(=O)O)c2)c1. The molecule has 0 saturated carbocycles. The second-order valence-corrected chi connectivity index (χ2v) is 2.99. The number of nitriles is 1. The molecule has 2 rings (SSSR count). The van der Waals surface area contributed by atoms with E-state index in [2.05, 4.69) is 9.97 Å². The van der Waals surface area contributed by atoms with Crippen molar-refractivity contribution >= 4 is 5.97 Å². The molecule has 0 bridgehead atoms. The minimum Gasteiger partial charge on any atom is -0.476 e. The van der Waals surface area contributed by atoms with Crippen molar-refractivity contribution in [3.8, 4) is 11.9 Å². The Morgan fingerprint density at radius 3 is 2.94 bits per heavy atom. The van der Waals surface area contributed by atoms with Crippen LogP contribution in [0.25, 0.3) is 5.82 Å². The van der Waals surface area contributed by atoms with Gasteiger partial charge in [-0.15, -0.1) is 0 Å². The molecule has 1 N–H and O–H groups in total. The van der Waals surface area contributed by atoms with Crippen LogP contribution < -0.4 is 0 Å². The van der Waals surface area contributed by atoms with Crippen molar-refractivity contribution in [3.63, 3.8) is 0 Å². The zero-order valence-corrected chi connectivity index (χ0v) is 8.03. The number of rotatable bonds is 2. The molecule has 0 aliphatic carbocycles. The Bertz CT molecular complexity index is 583. The molecule has 78 valence electrons. The van der Waals surface area contributed by atoms with Crippen LogP contribution in [0.2, 0.25) is 0 Å². The van der Waals surface area contributed by atoms with Crippen LogP contribution in [0.1, 0.15) is 16.1 Å².